The molecule has 0 N–H and O–H groups in total. The van der Waals surface area contributed by atoms with Crippen LogP contribution in [0.5, 0.6) is 0 Å². The van der Waals surface area contributed by atoms with Crippen molar-refractivity contribution in [2.75, 3.05) is 0 Å². The van der Waals surface area contributed by atoms with E-state index in [4.69, 9.17) is 9.31 Å². The number of rotatable bonds is 3. The van der Waals surface area contributed by atoms with Crippen LogP contribution in [0.3, 0.4) is 0 Å². The molecule has 0 spiro atoms. The molecule has 0 radical (unpaired) electrons. The van der Waals surface area contributed by atoms with Gasteiger partial charge < -0.3 is 9.31 Å². The lowest BCUT2D eigenvalue weighted by atomic mass is 9.78. The molecular weight excluding hydrogens is 359 g/mol. The zero-order valence-corrected chi connectivity index (χ0v) is 18.4. The van der Waals surface area contributed by atoms with Crippen molar-refractivity contribution in [3.05, 3.63) is 65.5 Å². The van der Waals surface area contributed by atoms with Gasteiger partial charge in [-0.05, 0) is 65.1 Å². The van der Waals surface area contributed by atoms with Crippen LogP contribution < -0.4 is 5.46 Å². The van der Waals surface area contributed by atoms with Crippen molar-refractivity contribution in [1.82, 2.24) is 9.55 Å². The summed E-state index contributed by atoms with van der Waals surface area (Å²) in [5.74, 6) is 0.915. The predicted molar refractivity (Wildman–Crippen MR) is 119 cm³/mol. The Morgan fingerprint density at radius 3 is 2.14 bits per heavy atom. The number of hydrogen-bond acceptors (Lipinski definition) is 3. The molecule has 5 heteroatoms. The predicted octanol–water partition coefficient (Wildman–Crippen LogP) is 4.76. The van der Waals surface area contributed by atoms with E-state index in [1.807, 2.05) is 18.5 Å². The van der Waals surface area contributed by atoms with Crippen LogP contribution in [0.4, 0.5) is 0 Å². The molecule has 150 valence electrons. The van der Waals surface area contributed by atoms with E-state index < -0.39 is 0 Å². The fraction of sp³-hybridized carbons (Fsp3) is 0.375. The maximum atomic E-state index is 6.24. The molecule has 4 rings (SSSR count). The lowest BCUT2D eigenvalue weighted by Crippen LogP contribution is -2.41. The summed E-state index contributed by atoms with van der Waals surface area (Å²) < 4.78 is 14.7. The van der Waals surface area contributed by atoms with Crippen molar-refractivity contribution in [1.29, 1.82) is 0 Å². The molecule has 1 fully saturated rings. The minimum absolute atomic E-state index is 0.359. The average molecular weight is 388 g/mol. The van der Waals surface area contributed by atoms with Gasteiger partial charge in [-0.2, -0.15) is 0 Å². The largest absolute Gasteiger partial charge is 0.494 e. The smallest absolute Gasteiger partial charge is 0.399 e. The van der Waals surface area contributed by atoms with Gasteiger partial charge in [0.2, 0.25) is 0 Å². The summed E-state index contributed by atoms with van der Waals surface area (Å²) in [5, 5.41) is 0. The molecule has 1 aliphatic rings. The van der Waals surface area contributed by atoms with Crippen molar-refractivity contribution in [3.8, 4) is 17.1 Å². The van der Waals surface area contributed by atoms with Crippen LogP contribution in [-0.2, 0) is 9.31 Å². The molecule has 2 heterocycles. The van der Waals surface area contributed by atoms with Gasteiger partial charge in [-0.25, -0.2) is 4.98 Å². The van der Waals surface area contributed by atoms with Crippen molar-refractivity contribution in [2.45, 2.75) is 59.7 Å². The normalized spacial score (nSPS) is 17.7. The van der Waals surface area contributed by atoms with Gasteiger partial charge in [0.05, 0.1) is 16.9 Å². The highest BCUT2D eigenvalue weighted by molar-refractivity contribution is 6.62. The fourth-order valence-corrected chi connectivity index (χ4v) is 4.05. The highest BCUT2D eigenvalue weighted by Crippen LogP contribution is 2.36. The van der Waals surface area contributed by atoms with Gasteiger partial charge in [-0.1, -0.05) is 42.0 Å². The minimum atomic E-state index is -0.383. The molecule has 0 bridgehead atoms. The van der Waals surface area contributed by atoms with Crippen LogP contribution in [0, 0.1) is 20.8 Å². The zero-order chi connectivity index (χ0) is 21.0. The zero-order valence-electron chi connectivity index (χ0n) is 18.4. The molecule has 0 atom stereocenters. The van der Waals surface area contributed by atoms with Crippen LogP contribution >= 0.6 is 0 Å². The molecule has 1 saturated heterocycles. The first-order valence-corrected chi connectivity index (χ1v) is 10.2. The summed E-state index contributed by atoms with van der Waals surface area (Å²) in [5.41, 5.74) is 6.27. The van der Waals surface area contributed by atoms with E-state index in [-0.39, 0.29) is 18.3 Å². The number of aryl methyl sites for hydroxylation is 3. The Balaban J connectivity index is 1.75. The highest BCUT2D eigenvalue weighted by atomic mass is 16.7. The lowest BCUT2D eigenvalue weighted by molar-refractivity contribution is 0.00578. The first-order valence-electron chi connectivity index (χ1n) is 10.2. The van der Waals surface area contributed by atoms with Crippen LogP contribution in [0.1, 0.15) is 44.4 Å². The maximum Gasteiger partial charge on any atom is 0.494 e. The Hall–Kier alpha value is -2.37. The van der Waals surface area contributed by atoms with Crippen molar-refractivity contribution >= 4 is 12.6 Å². The van der Waals surface area contributed by atoms with Gasteiger partial charge in [0.1, 0.15) is 5.82 Å². The van der Waals surface area contributed by atoms with Gasteiger partial charge in [0.15, 0.2) is 0 Å². The molecule has 1 aliphatic heterocycles. The topological polar surface area (TPSA) is 36.3 Å². The summed E-state index contributed by atoms with van der Waals surface area (Å²) in [6.07, 6.45) is 3.89. The van der Waals surface area contributed by atoms with Crippen molar-refractivity contribution < 1.29 is 9.31 Å². The van der Waals surface area contributed by atoms with E-state index in [1.165, 1.54) is 22.4 Å². The molecule has 3 aromatic rings. The fourth-order valence-electron chi connectivity index (χ4n) is 4.05. The third kappa shape index (κ3) is 3.43. The SMILES string of the molecule is Cc1cc(C)c(-n2ccnc2-c2cccc(B3OC(C)(C)C(C)(C)O3)c2)c(C)c1. The standard InChI is InChI=1S/C24H29BN2O2/c1-16-13-17(2)21(18(3)14-16)27-12-11-26-22(27)19-9-8-10-20(15-19)25-28-23(4,5)24(6,7)29-25/h8-15H,1-7H3. The van der Waals surface area contributed by atoms with E-state index in [1.54, 1.807) is 0 Å². The third-order valence-corrected chi connectivity index (χ3v) is 6.19. The van der Waals surface area contributed by atoms with Gasteiger partial charge >= 0.3 is 7.12 Å². The molecule has 0 aliphatic carbocycles. The molecule has 1 aromatic heterocycles. The summed E-state index contributed by atoms with van der Waals surface area (Å²) in [7, 11) is -0.383. The van der Waals surface area contributed by atoms with Crippen molar-refractivity contribution in [2.24, 2.45) is 0 Å². The number of imidazole rings is 1. The first kappa shape index (κ1) is 19.9. The van der Waals surface area contributed by atoms with E-state index in [0.29, 0.717) is 0 Å². The summed E-state index contributed by atoms with van der Waals surface area (Å²) in [4.78, 5) is 4.67. The van der Waals surface area contributed by atoms with Crippen LogP contribution in [0.25, 0.3) is 17.1 Å². The Morgan fingerprint density at radius 1 is 0.897 bits per heavy atom. The number of aromatic nitrogens is 2. The number of hydrogen-bond donors (Lipinski definition) is 0. The van der Waals surface area contributed by atoms with Gasteiger partial charge in [-0.3, -0.25) is 4.57 Å². The average Bonchev–Trinajstić information content (AvgIpc) is 3.17. The van der Waals surface area contributed by atoms with Gasteiger partial charge in [0.25, 0.3) is 0 Å². The third-order valence-electron chi connectivity index (χ3n) is 6.19. The lowest BCUT2D eigenvalue weighted by Gasteiger charge is -2.32. The van der Waals surface area contributed by atoms with E-state index in [2.05, 4.69) is 88.3 Å². The second-order valence-electron chi connectivity index (χ2n) is 9.08. The second-order valence-corrected chi connectivity index (χ2v) is 9.08. The van der Waals surface area contributed by atoms with Crippen LogP contribution in [0.2, 0.25) is 0 Å². The summed E-state index contributed by atoms with van der Waals surface area (Å²) in [6, 6.07) is 12.7. The molecule has 4 nitrogen and oxygen atoms in total. The maximum absolute atomic E-state index is 6.24. The number of benzene rings is 2. The molecule has 0 unspecified atom stereocenters. The Kier molecular flexibility index (Phi) is 4.71. The monoisotopic (exact) mass is 388 g/mol. The second kappa shape index (κ2) is 6.86. The molecule has 29 heavy (non-hydrogen) atoms. The van der Waals surface area contributed by atoms with Gasteiger partial charge in [0, 0.05) is 18.0 Å². The van der Waals surface area contributed by atoms with Crippen LogP contribution in [-0.4, -0.2) is 27.9 Å². The van der Waals surface area contributed by atoms with E-state index in [0.717, 1.165) is 16.9 Å². The molecule has 0 saturated carbocycles. The summed E-state index contributed by atoms with van der Waals surface area (Å²) >= 11 is 0. The Morgan fingerprint density at radius 2 is 1.52 bits per heavy atom. The number of nitrogens with zero attached hydrogens (tertiary/aromatic N) is 2. The quantitative estimate of drug-likeness (QED) is 0.607. The van der Waals surface area contributed by atoms with Crippen LogP contribution in [0.15, 0.2) is 48.8 Å². The molecule has 2 aromatic carbocycles. The first-order chi connectivity index (χ1) is 13.6. The minimum Gasteiger partial charge on any atom is -0.399 e. The van der Waals surface area contributed by atoms with E-state index >= 15 is 0 Å². The summed E-state index contributed by atoms with van der Waals surface area (Å²) in [6.45, 7) is 14.7. The molecular formula is C24H29BN2O2. The Bertz CT molecular complexity index is 1030. The Labute approximate surface area is 174 Å². The van der Waals surface area contributed by atoms with E-state index in [9.17, 15) is 0 Å². The van der Waals surface area contributed by atoms with Crippen molar-refractivity contribution in [3.63, 3.8) is 0 Å². The highest BCUT2D eigenvalue weighted by Gasteiger charge is 2.51. The van der Waals surface area contributed by atoms with Gasteiger partial charge in [-0.15, -0.1) is 0 Å². The molecule has 0 amide bonds.